The lowest BCUT2D eigenvalue weighted by Gasteiger charge is -2.11. The van der Waals surface area contributed by atoms with E-state index in [0.717, 1.165) is 28.1 Å². The van der Waals surface area contributed by atoms with Crippen molar-refractivity contribution in [1.29, 1.82) is 0 Å². The summed E-state index contributed by atoms with van der Waals surface area (Å²) in [6.45, 7) is 7.86. The van der Waals surface area contributed by atoms with E-state index >= 15 is 0 Å². The van der Waals surface area contributed by atoms with E-state index < -0.39 is 0 Å². The molecule has 0 spiro atoms. The lowest BCUT2D eigenvalue weighted by Crippen LogP contribution is -2.23. The Hall–Kier alpha value is -3.48. The second-order valence-electron chi connectivity index (χ2n) is 7.42. The lowest BCUT2D eigenvalue weighted by molar-refractivity contribution is 0.242. The molecule has 0 bridgehead atoms. The highest BCUT2D eigenvalue weighted by atomic mass is 16.5. The van der Waals surface area contributed by atoms with Crippen molar-refractivity contribution in [3.8, 4) is 28.3 Å². The standard InChI is InChI=1S/C22H23N5O2/c1-14(2)27-20(28)10-9-18(24-27)21-19-13-23-11-12-26(19)25-22(21)16-5-7-17(8-6-16)29-15(3)4/h5-15H,1-4H3. The number of benzene rings is 1. The van der Waals surface area contributed by atoms with E-state index in [2.05, 4.69) is 10.1 Å². The summed E-state index contributed by atoms with van der Waals surface area (Å²) < 4.78 is 9.01. The van der Waals surface area contributed by atoms with E-state index in [1.807, 2.05) is 52.0 Å². The Morgan fingerprint density at radius 2 is 1.72 bits per heavy atom. The summed E-state index contributed by atoms with van der Waals surface area (Å²) in [5.74, 6) is 0.808. The number of rotatable bonds is 5. The molecule has 0 atom stereocenters. The maximum absolute atomic E-state index is 12.2. The summed E-state index contributed by atoms with van der Waals surface area (Å²) in [6, 6.07) is 11.1. The number of fused-ring (bicyclic) bond motifs is 1. The van der Waals surface area contributed by atoms with Gasteiger partial charge in [-0.25, -0.2) is 9.20 Å². The van der Waals surface area contributed by atoms with Gasteiger partial charge in [-0.15, -0.1) is 0 Å². The SMILES string of the molecule is CC(C)Oc1ccc(-c2nn3ccncc3c2-c2ccc(=O)n(C(C)C)n2)cc1. The zero-order chi connectivity index (χ0) is 20.5. The average Bonchev–Trinajstić information content (AvgIpc) is 3.08. The Morgan fingerprint density at radius 3 is 2.41 bits per heavy atom. The first-order valence-corrected chi connectivity index (χ1v) is 9.63. The molecule has 7 heteroatoms. The fourth-order valence-electron chi connectivity index (χ4n) is 3.25. The molecule has 0 saturated carbocycles. The largest absolute Gasteiger partial charge is 0.491 e. The summed E-state index contributed by atoms with van der Waals surface area (Å²) in [7, 11) is 0. The van der Waals surface area contributed by atoms with Crippen molar-refractivity contribution >= 4 is 5.52 Å². The molecule has 0 fully saturated rings. The Morgan fingerprint density at radius 1 is 0.966 bits per heavy atom. The van der Waals surface area contributed by atoms with E-state index in [-0.39, 0.29) is 17.7 Å². The minimum Gasteiger partial charge on any atom is -0.491 e. The molecule has 0 aliphatic rings. The number of hydrogen-bond donors (Lipinski definition) is 0. The molecule has 3 heterocycles. The van der Waals surface area contributed by atoms with E-state index in [1.165, 1.54) is 4.68 Å². The van der Waals surface area contributed by atoms with Crippen LogP contribution in [-0.4, -0.2) is 30.5 Å². The van der Waals surface area contributed by atoms with Crippen LogP contribution in [0, 0.1) is 0 Å². The molecular formula is C22H23N5O2. The first-order valence-electron chi connectivity index (χ1n) is 9.63. The van der Waals surface area contributed by atoms with E-state index in [1.54, 1.807) is 35.2 Å². The first kappa shape index (κ1) is 18.9. The highest BCUT2D eigenvalue weighted by molar-refractivity contribution is 5.90. The topological polar surface area (TPSA) is 74.3 Å². The molecule has 0 unspecified atom stereocenters. The summed E-state index contributed by atoms with van der Waals surface area (Å²) in [6.07, 6.45) is 5.36. The van der Waals surface area contributed by atoms with Crippen molar-refractivity contribution in [1.82, 2.24) is 24.4 Å². The highest BCUT2D eigenvalue weighted by Gasteiger charge is 2.19. The fraction of sp³-hybridized carbons (Fsp3) is 0.273. The van der Waals surface area contributed by atoms with Crippen LogP contribution in [0.3, 0.4) is 0 Å². The third-order valence-corrected chi connectivity index (χ3v) is 4.51. The van der Waals surface area contributed by atoms with Gasteiger partial charge in [0.1, 0.15) is 11.4 Å². The van der Waals surface area contributed by atoms with E-state index in [4.69, 9.17) is 9.84 Å². The minimum absolute atomic E-state index is 0.0432. The molecule has 0 aliphatic carbocycles. The lowest BCUT2D eigenvalue weighted by atomic mass is 10.0. The number of aromatic nitrogens is 5. The van der Waals surface area contributed by atoms with Gasteiger partial charge in [-0.1, -0.05) is 0 Å². The van der Waals surface area contributed by atoms with E-state index in [9.17, 15) is 4.79 Å². The highest BCUT2D eigenvalue weighted by Crippen LogP contribution is 2.34. The predicted molar refractivity (Wildman–Crippen MR) is 112 cm³/mol. The molecule has 3 aromatic heterocycles. The molecular weight excluding hydrogens is 366 g/mol. The van der Waals surface area contributed by atoms with Gasteiger partial charge in [0.25, 0.3) is 5.56 Å². The van der Waals surface area contributed by atoms with Crippen LogP contribution in [0.2, 0.25) is 0 Å². The van der Waals surface area contributed by atoms with Crippen LogP contribution >= 0.6 is 0 Å². The Bertz CT molecular complexity index is 1210. The molecule has 29 heavy (non-hydrogen) atoms. The summed E-state index contributed by atoms with van der Waals surface area (Å²) >= 11 is 0. The third kappa shape index (κ3) is 3.63. The quantitative estimate of drug-likeness (QED) is 0.516. The summed E-state index contributed by atoms with van der Waals surface area (Å²) in [5, 5.41) is 9.36. The fourth-order valence-corrected chi connectivity index (χ4v) is 3.25. The molecule has 148 valence electrons. The van der Waals surface area contributed by atoms with E-state index in [0.29, 0.717) is 5.69 Å². The molecule has 0 amide bonds. The van der Waals surface area contributed by atoms with Gasteiger partial charge in [-0.3, -0.25) is 9.78 Å². The summed E-state index contributed by atoms with van der Waals surface area (Å²) in [4.78, 5) is 16.4. The molecule has 4 aromatic rings. The maximum Gasteiger partial charge on any atom is 0.267 e. The molecule has 7 nitrogen and oxygen atoms in total. The van der Waals surface area contributed by atoms with Gasteiger partial charge in [0, 0.05) is 24.0 Å². The molecule has 0 N–H and O–H groups in total. The summed E-state index contributed by atoms with van der Waals surface area (Å²) in [5.41, 5.74) is 3.92. The average molecular weight is 389 g/mol. The normalized spacial score (nSPS) is 11.5. The van der Waals surface area contributed by atoms with Crippen LogP contribution in [0.15, 0.2) is 59.8 Å². The van der Waals surface area contributed by atoms with Crippen molar-refractivity contribution in [3.63, 3.8) is 0 Å². The Balaban J connectivity index is 1.90. The molecule has 4 rings (SSSR count). The Kier molecular flexibility index (Phi) is 4.88. The van der Waals surface area contributed by atoms with Gasteiger partial charge < -0.3 is 4.74 Å². The van der Waals surface area contributed by atoms with Crippen molar-refractivity contribution in [2.75, 3.05) is 0 Å². The van der Waals surface area contributed by atoms with Crippen LogP contribution in [-0.2, 0) is 0 Å². The van der Waals surface area contributed by atoms with Gasteiger partial charge in [0.15, 0.2) is 0 Å². The maximum atomic E-state index is 12.2. The molecule has 0 saturated heterocycles. The minimum atomic E-state index is -0.130. The van der Waals surface area contributed by atoms with Crippen molar-refractivity contribution in [2.24, 2.45) is 0 Å². The Labute approximate surface area is 168 Å². The van der Waals surface area contributed by atoms with Gasteiger partial charge >= 0.3 is 0 Å². The molecule has 1 aromatic carbocycles. The van der Waals surface area contributed by atoms with Crippen molar-refractivity contribution in [3.05, 3.63) is 65.3 Å². The second kappa shape index (κ2) is 7.50. The smallest absolute Gasteiger partial charge is 0.267 e. The predicted octanol–water partition coefficient (Wildman–Crippen LogP) is 3.99. The number of ether oxygens (including phenoxy) is 1. The zero-order valence-electron chi connectivity index (χ0n) is 16.9. The second-order valence-corrected chi connectivity index (χ2v) is 7.42. The van der Waals surface area contributed by atoms with Crippen LogP contribution in [0.25, 0.3) is 28.0 Å². The van der Waals surface area contributed by atoms with Crippen LogP contribution in [0.4, 0.5) is 0 Å². The number of hydrogen-bond acceptors (Lipinski definition) is 5. The van der Waals surface area contributed by atoms with Crippen LogP contribution in [0.1, 0.15) is 33.7 Å². The van der Waals surface area contributed by atoms with Gasteiger partial charge in [0.05, 0.1) is 35.1 Å². The monoisotopic (exact) mass is 389 g/mol. The third-order valence-electron chi connectivity index (χ3n) is 4.51. The van der Waals surface area contributed by atoms with Crippen molar-refractivity contribution < 1.29 is 4.74 Å². The van der Waals surface area contributed by atoms with Gasteiger partial charge in [-0.05, 0) is 58.0 Å². The zero-order valence-corrected chi connectivity index (χ0v) is 16.9. The molecule has 0 aliphatic heterocycles. The van der Waals surface area contributed by atoms with Gasteiger partial charge in [0.2, 0.25) is 0 Å². The van der Waals surface area contributed by atoms with Gasteiger partial charge in [-0.2, -0.15) is 10.2 Å². The van der Waals surface area contributed by atoms with Crippen molar-refractivity contribution in [2.45, 2.75) is 39.8 Å². The first-order chi connectivity index (χ1) is 13.9. The van der Waals surface area contributed by atoms with Crippen LogP contribution < -0.4 is 10.3 Å². The molecule has 0 radical (unpaired) electrons. The number of nitrogens with zero attached hydrogens (tertiary/aromatic N) is 5. The van der Waals surface area contributed by atoms with Crippen LogP contribution in [0.5, 0.6) is 5.75 Å².